The van der Waals surface area contributed by atoms with Gasteiger partial charge in [0.05, 0.1) is 22.5 Å². The fraction of sp³-hybridized carbons (Fsp3) is 0.174. The zero-order valence-corrected chi connectivity index (χ0v) is 17.6. The number of sulfonamides is 1. The average molecular weight is 422 g/mol. The molecule has 1 atom stereocenters. The summed E-state index contributed by atoms with van der Waals surface area (Å²) in [6.07, 6.45) is 0. The van der Waals surface area contributed by atoms with Crippen LogP contribution in [0.1, 0.15) is 31.2 Å². The van der Waals surface area contributed by atoms with Gasteiger partial charge in [-0.1, -0.05) is 37.3 Å². The Balaban J connectivity index is 1.55. The highest BCUT2D eigenvalue weighted by Crippen LogP contribution is 2.27. The largest absolute Gasteiger partial charge is 0.494 e. The van der Waals surface area contributed by atoms with Crippen LogP contribution < -0.4 is 9.46 Å². The van der Waals surface area contributed by atoms with E-state index in [2.05, 4.69) is 9.71 Å². The van der Waals surface area contributed by atoms with Crippen molar-refractivity contribution >= 4 is 26.7 Å². The number of aromatic nitrogens is 2. The number of fused-ring (bicyclic) bond motifs is 1. The lowest BCUT2D eigenvalue weighted by molar-refractivity contribution is 0.340. The van der Waals surface area contributed by atoms with E-state index in [9.17, 15) is 8.42 Å². The number of nitrogens with one attached hydrogen (secondary N) is 2. The van der Waals surface area contributed by atoms with Crippen molar-refractivity contribution in [2.75, 3.05) is 11.3 Å². The number of hydrogen-bond acceptors (Lipinski definition) is 4. The topological polar surface area (TPSA) is 84.1 Å². The summed E-state index contributed by atoms with van der Waals surface area (Å²) in [6, 6.07) is 21.5. The van der Waals surface area contributed by atoms with Crippen LogP contribution in [-0.2, 0) is 10.0 Å². The molecule has 3 aromatic carbocycles. The van der Waals surface area contributed by atoms with Crippen LogP contribution in [0.4, 0.5) is 5.69 Å². The lowest BCUT2D eigenvalue weighted by Gasteiger charge is -2.11. The highest BCUT2D eigenvalue weighted by Gasteiger charge is 2.17. The highest BCUT2D eigenvalue weighted by molar-refractivity contribution is 7.92. The summed E-state index contributed by atoms with van der Waals surface area (Å²) in [5.41, 5.74) is 3.28. The molecule has 2 N–H and O–H groups in total. The smallest absolute Gasteiger partial charge is 0.261 e. The minimum absolute atomic E-state index is 0.0215. The van der Waals surface area contributed by atoms with Crippen molar-refractivity contribution in [1.82, 2.24) is 9.97 Å². The number of para-hydroxylation sites is 1. The van der Waals surface area contributed by atoms with E-state index in [-0.39, 0.29) is 10.8 Å². The number of nitrogens with zero attached hydrogens (tertiary/aromatic N) is 1. The third-order valence-electron chi connectivity index (χ3n) is 4.91. The zero-order chi connectivity index (χ0) is 21.1. The van der Waals surface area contributed by atoms with Crippen molar-refractivity contribution in [2.45, 2.75) is 24.7 Å². The monoisotopic (exact) mass is 421 g/mol. The molecule has 0 radical (unpaired) electrons. The highest BCUT2D eigenvalue weighted by atomic mass is 32.2. The molecule has 0 aliphatic carbocycles. The van der Waals surface area contributed by atoms with Crippen LogP contribution in [0.2, 0.25) is 0 Å². The summed E-state index contributed by atoms with van der Waals surface area (Å²) in [7, 11) is -3.64. The Kier molecular flexibility index (Phi) is 5.46. The molecule has 4 rings (SSSR count). The summed E-state index contributed by atoms with van der Waals surface area (Å²) in [5.74, 6) is 1.58. The van der Waals surface area contributed by atoms with E-state index in [4.69, 9.17) is 9.72 Å². The summed E-state index contributed by atoms with van der Waals surface area (Å²) in [5, 5.41) is 0. The Morgan fingerprint density at radius 3 is 2.47 bits per heavy atom. The second kappa shape index (κ2) is 8.20. The predicted octanol–water partition coefficient (Wildman–Crippen LogP) is 4.91. The van der Waals surface area contributed by atoms with Gasteiger partial charge in [-0.3, -0.25) is 4.72 Å². The Morgan fingerprint density at radius 1 is 1.03 bits per heavy atom. The van der Waals surface area contributed by atoms with Crippen molar-refractivity contribution in [3.8, 4) is 5.75 Å². The van der Waals surface area contributed by atoms with Gasteiger partial charge in [-0.05, 0) is 48.9 Å². The van der Waals surface area contributed by atoms with Crippen LogP contribution in [0, 0.1) is 0 Å². The lowest BCUT2D eigenvalue weighted by Crippen LogP contribution is -2.13. The zero-order valence-electron chi connectivity index (χ0n) is 16.8. The number of hydrogen-bond donors (Lipinski definition) is 2. The first-order valence-electron chi connectivity index (χ1n) is 9.76. The van der Waals surface area contributed by atoms with Crippen LogP contribution >= 0.6 is 0 Å². The second-order valence-corrected chi connectivity index (χ2v) is 8.68. The van der Waals surface area contributed by atoms with Gasteiger partial charge >= 0.3 is 0 Å². The van der Waals surface area contributed by atoms with E-state index < -0.39 is 10.0 Å². The van der Waals surface area contributed by atoms with Gasteiger partial charge < -0.3 is 9.72 Å². The number of anilines is 1. The van der Waals surface area contributed by atoms with E-state index in [1.165, 1.54) is 0 Å². The van der Waals surface area contributed by atoms with Crippen LogP contribution in [0.25, 0.3) is 11.0 Å². The van der Waals surface area contributed by atoms with E-state index >= 15 is 0 Å². The predicted molar refractivity (Wildman–Crippen MR) is 118 cm³/mol. The van der Waals surface area contributed by atoms with Crippen LogP contribution in [0.5, 0.6) is 5.75 Å². The normalized spacial score (nSPS) is 12.6. The van der Waals surface area contributed by atoms with Gasteiger partial charge in [0.2, 0.25) is 0 Å². The van der Waals surface area contributed by atoms with E-state index in [0.29, 0.717) is 12.3 Å². The first-order chi connectivity index (χ1) is 14.5. The van der Waals surface area contributed by atoms with Crippen molar-refractivity contribution in [3.05, 3.63) is 84.2 Å². The standard InChI is InChI=1S/C23H23N3O3S/c1-3-29-19-11-14-21-22(15-19)25-23(24-21)16(2)17-9-12-20(13-10-17)30(27,28)26-18-7-5-4-6-8-18/h4-16,26H,3H2,1-2H3,(H,24,25). The maximum atomic E-state index is 12.6. The summed E-state index contributed by atoms with van der Waals surface area (Å²) in [6.45, 7) is 4.59. The van der Waals surface area contributed by atoms with Gasteiger partial charge in [-0.25, -0.2) is 13.4 Å². The Hall–Kier alpha value is -3.32. The van der Waals surface area contributed by atoms with Crippen molar-refractivity contribution in [1.29, 1.82) is 0 Å². The maximum absolute atomic E-state index is 12.6. The Labute approximate surface area is 176 Å². The number of imidazole rings is 1. The average Bonchev–Trinajstić information content (AvgIpc) is 3.17. The number of H-pyrrole nitrogens is 1. The molecule has 0 amide bonds. The van der Waals surface area contributed by atoms with Crippen LogP contribution in [0.3, 0.4) is 0 Å². The molecular formula is C23H23N3O3S. The molecule has 7 heteroatoms. The minimum atomic E-state index is -3.64. The number of ether oxygens (including phenoxy) is 1. The van der Waals surface area contributed by atoms with Gasteiger partial charge in [0.15, 0.2) is 0 Å². The summed E-state index contributed by atoms with van der Waals surface area (Å²) in [4.78, 5) is 8.25. The molecule has 1 heterocycles. The molecule has 0 saturated carbocycles. The SMILES string of the molecule is CCOc1ccc2[nH]c(C(C)c3ccc(S(=O)(=O)Nc4ccccc4)cc3)nc2c1. The third kappa shape index (κ3) is 4.16. The van der Waals surface area contributed by atoms with Gasteiger partial charge in [-0.15, -0.1) is 0 Å². The molecular weight excluding hydrogens is 398 g/mol. The van der Waals surface area contributed by atoms with Gasteiger partial charge in [-0.2, -0.15) is 0 Å². The number of benzene rings is 3. The third-order valence-corrected chi connectivity index (χ3v) is 6.31. The van der Waals surface area contributed by atoms with Crippen LogP contribution in [0.15, 0.2) is 77.7 Å². The molecule has 0 aliphatic heterocycles. The lowest BCUT2D eigenvalue weighted by atomic mass is 10.0. The quantitative estimate of drug-likeness (QED) is 0.444. The van der Waals surface area contributed by atoms with Gasteiger partial charge in [0.25, 0.3) is 10.0 Å². The molecule has 4 aromatic rings. The number of aromatic amines is 1. The Morgan fingerprint density at radius 2 is 1.77 bits per heavy atom. The number of rotatable bonds is 7. The van der Waals surface area contributed by atoms with Crippen LogP contribution in [-0.4, -0.2) is 25.0 Å². The first kappa shape index (κ1) is 20.0. The minimum Gasteiger partial charge on any atom is -0.494 e. The van der Waals surface area contributed by atoms with Gasteiger partial charge in [0, 0.05) is 17.7 Å². The molecule has 0 fully saturated rings. The van der Waals surface area contributed by atoms with E-state index in [1.54, 1.807) is 36.4 Å². The molecule has 30 heavy (non-hydrogen) atoms. The molecule has 0 bridgehead atoms. The van der Waals surface area contributed by atoms with Crippen molar-refractivity contribution in [3.63, 3.8) is 0 Å². The van der Waals surface area contributed by atoms with E-state index in [1.807, 2.05) is 50.2 Å². The molecule has 0 saturated heterocycles. The fourth-order valence-electron chi connectivity index (χ4n) is 3.28. The van der Waals surface area contributed by atoms with Gasteiger partial charge in [0.1, 0.15) is 11.6 Å². The van der Waals surface area contributed by atoms with E-state index in [0.717, 1.165) is 28.2 Å². The molecule has 154 valence electrons. The molecule has 0 aliphatic rings. The molecule has 0 spiro atoms. The molecule has 1 aromatic heterocycles. The van der Waals surface area contributed by atoms with Crippen molar-refractivity contribution < 1.29 is 13.2 Å². The molecule has 1 unspecified atom stereocenters. The van der Waals surface area contributed by atoms with Crippen molar-refractivity contribution in [2.24, 2.45) is 0 Å². The molecule has 6 nitrogen and oxygen atoms in total. The Bertz CT molecular complexity index is 1250. The fourth-order valence-corrected chi connectivity index (χ4v) is 4.34. The summed E-state index contributed by atoms with van der Waals surface area (Å²) < 4.78 is 33.4. The first-order valence-corrected chi connectivity index (χ1v) is 11.2. The maximum Gasteiger partial charge on any atom is 0.261 e. The summed E-state index contributed by atoms with van der Waals surface area (Å²) >= 11 is 0. The second-order valence-electron chi connectivity index (χ2n) is 7.00.